The van der Waals surface area contributed by atoms with Crippen LogP contribution in [0.25, 0.3) is 0 Å². The second kappa shape index (κ2) is 10.2. The highest BCUT2D eigenvalue weighted by molar-refractivity contribution is 6.47. The number of hydrogen-bond donors (Lipinski definition) is 1. The third-order valence-corrected chi connectivity index (χ3v) is 6.99. The van der Waals surface area contributed by atoms with Crippen molar-refractivity contribution >= 4 is 46.6 Å². The first-order chi connectivity index (χ1) is 17.4. The van der Waals surface area contributed by atoms with Crippen molar-refractivity contribution in [1.82, 2.24) is 10.2 Å². The number of rotatable bonds is 6. The van der Waals surface area contributed by atoms with Gasteiger partial charge in [0.1, 0.15) is 10.7 Å². The molecule has 182 valence electrons. The quantitative estimate of drug-likeness (QED) is 0.463. The molecule has 3 aromatic carbocycles. The number of amides is 3. The zero-order valence-corrected chi connectivity index (χ0v) is 20.9. The summed E-state index contributed by atoms with van der Waals surface area (Å²) in [6.45, 7) is 1.07. The number of nitrogens with zero attached hydrogens (tertiary/aromatic N) is 2. The van der Waals surface area contributed by atoms with Gasteiger partial charge in [-0.2, -0.15) is 0 Å². The van der Waals surface area contributed by atoms with Crippen LogP contribution in [0, 0.1) is 0 Å². The molecule has 1 N–H and O–H groups in total. The second-order valence-electron chi connectivity index (χ2n) is 8.75. The van der Waals surface area contributed by atoms with Crippen molar-refractivity contribution in [3.05, 3.63) is 111 Å². The van der Waals surface area contributed by atoms with Crippen LogP contribution in [-0.4, -0.2) is 29.2 Å². The van der Waals surface area contributed by atoms with E-state index in [1.807, 2.05) is 35.2 Å². The van der Waals surface area contributed by atoms with E-state index in [1.54, 1.807) is 36.4 Å². The lowest BCUT2D eigenvalue weighted by molar-refractivity contribution is -0.138. The Hall–Kier alpha value is -3.61. The number of halogens is 2. The van der Waals surface area contributed by atoms with Crippen molar-refractivity contribution < 1.29 is 14.4 Å². The lowest BCUT2D eigenvalue weighted by Crippen LogP contribution is -2.35. The van der Waals surface area contributed by atoms with Gasteiger partial charge in [-0.15, -0.1) is 0 Å². The molecule has 2 aliphatic heterocycles. The van der Waals surface area contributed by atoms with E-state index in [2.05, 4.69) is 11.4 Å². The first-order valence-corrected chi connectivity index (χ1v) is 12.4. The van der Waals surface area contributed by atoms with Crippen molar-refractivity contribution in [2.45, 2.75) is 25.9 Å². The number of anilines is 1. The lowest BCUT2D eigenvalue weighted by atomic mass is 10.0. The predicted molar refractivity (Wildman–Crippen MR) is 140 cm³/mol. The Morgan fingerprint density at radius 1 is 0.861 bits per heavy atom. The molecule has 0 unspecified atom stereocenters. The van der Waals surface area contributed by atoms with Crippen molar-refractivity contribution in [3.8, 4) is 0 Å². The number of benzene rings is 3. The molecule has 2 aliphatic rings. The highest BCUT2D eigenvalue weighted by Crippen LogP contribution is 2.28. The van der Waals surface area contributed by atoms with E-state index in [0.29, 0.717) is 17.1 Å². The SMILES string of the molecule is O=C1C(Cl)=C(NCc2ccc(C(=O)N3CCCc4ccccc43)cc2)C(=O)N1Cc1ccc(Cl)cc1. The predicted octanol–water partition coefficient (Wildman–Crippen LogP) is 5.04. The van der Waals surface area contributed by atoms with Crippen LogP contribution in [0.3, 0.4) is 0 Å². The number of nitrogens with one attached hydrogen (secondary N) is 1. The number of carbonyl (C=O) groups is 3. The van der Waals surface area contributed by atoms with E-state index in [9.17, 15) is 14.4 Å². The molecule has 0 radical (unpaired) electrons. The van der Waals surface area contributed by atoms with Gasteiger partial charge in [0.05, 0.1) is 6.54 Å². The van der Waals surface area contributed by atoms with Gasteiger partial charge >= 0.3 is 0 Å². The molecule has 3 amide bonds. The van der Waals surface area contributed by atoms with Crippen LogP contribution >= 0.6 is 23.2 Å². The number of aryl methyl sites for hydroxylation is 1. The van der Waals surface area contributed by atoms with E-state index in [1.165, 1.54) is 5.56 Å². The average molecular weight is 520 g/mol. The molecule has 8 heteroatoms. The Labute approximate surface area is 219 Å². The van der Waals surface area contributed by atoms with Gasteiger partial charge < -0.3 is 10.2 Å². The van der Waals surface area contributed by atoms with Crippen molar-refractivity contribution in [2.75, 3.05) is 11.4 Å². The highest BCUT2D eigenvalue weighted by Gasteiger charge is 2.37. The van der Waals surface area contributed by atoms with E-state index >= 15 is 0 Å². The fraction of sp³-hybridized carbons (Fsp3) is 0.179. The maximum Gasteiger partial charge on any atom is 0.278 e. The van der Waals surface area contributed by atoms with E-state index < -0.39 is 11.8 Å². The van der Waals surface area contributed by atoms with Gasteiger partial charge in [-0.05, 0) is 59.9 Å². The Bertz CT molecular complexity index is 1370. The molecule has 0 saturated heterocycles. The molecule has 36 heavy (non-hydrogen) atoms. The minimum Gasteiger partial charge on any atom is -0.375 e. The molecule has 0 aromatic heterocycles. The van der Waals surface area contributed by atoms with E-state index in [4.69, 9.17) is 23.2 Å². The monoisotopic (exact) mass is 519 g/mol. The van der Waals surface area contributed by atoms with Crippen LogP contribution in [0.1, 0.15) is 33.5 Å². The van der Waals surface area contributed by atoms with E-state index in [0.717, 1.165) is 34.6 Å². The first kappa shape index (κ1) is 24.1. The van der Waals surface area contributed by atoms with Crippen LogP contribution in [0.4, 0.5) is 5.69 Å². The summed E-state index contributed by atoms with van der Waals surface area (Å²) < 4.78 is 0. The first-order valence-electron chi connectivity index (χ1n) is 11.7. The third-order valence-electron chi connectivity index (χ3n) is 6.39. The minimum atomic E-state index is -0.540. The summed E-state index contributed by atoms with van der Waals surface area (Å²) in [4.78, 5) is 41.5. The maximum absolute atomic E-state index is 13.2. The van der Waals surface area contributed by atoms with Crippen LogP contribution in [-0.2, 0) is 29.1 Å². The Morgan fingerprint density at radius 2 is 1.56 bits per heavy atom. The van der Waals surface area contributed by atoms with Crippen LogP contribution in [0.15, 0.2) is 83.5 Å². The van der Waals surface area contributed by atoms with Gasteiger partial charge in [0.25, 0.3) is 17.7 Å². The fourth-order valence-electron chi connectivity index (χ4n) is 4.47. The van der Waals surface area contributed by atoms with Crippen LogP contribution in [0.5, 0.6) is 0 Å². The summed E-state index contributed by atoms with van der Waals surface area (Å²) in [6.07, 6.45) is 1.91. The standard InChI is InChI=1S/C28H23Cl2N3O3/c29-22-13-9-19(10-14-22)17-33-27(35)24(30)25(28(33)36)31-16-18-7-11-21(12-8-18)26(34)32-15-3-5-20-4-1-2-6-23(20)32/h1-2,4,6-14,31H,3,5,15-17H2. The van der Waals surface area contributed by atoms with Gasteiger partial charge in [-0.25, -0.2) is 0 Å². The van der Waals surface area contributed by atoms with Crippen molar-refractivity contribution in [2.24, 2.45) is 0 Å². The Morgan fingerprint density at radius 3 is 2.31 bits per heavy atom. The van der Waals surface area contributed by atoms with Crippen LogP contribution in [0.2, 0.25) is 5.02 Å². The third kappa shape index (κ3) is 4.74. The number of hydrogen-bond acceptors (Lipinski definition) is 4. The second-order valence-corrected chi connectivity index (χ2v) is 9.57. The lowest BCUT2D eigenvalue weighted by Gasteiger charge is -2.29. The molecular weight excluding hydrogens is 497 g/mol. The molecule has 0 bridgehead atoms. The van der Waals surface area contributed by atoms with Crippen molar-refractivity contribution in [1.29, 1.82) is 0 Å². The van der Waals surface area contributed by atoms with Gasteiger partial charge in [0.15, 0.2) is 0 Å². The number of imide groups is 1. The topological polar surface area (TPSA) is 69.7 Å². The molecule has 6 nitrogen and oxygen atoms in total. The highest BCUT2D eigenvalue weighted by atomic mass is 35.5. The zero-order chi connectivity index (χ0) is 25.2. The molecule has 0 fully saturated rings. The molecule has 0 spiro atoms. The molecule has 2 heterocycles. The molecule has 5 rings (SSSR count). The minimum absolute atomic E-state index is 0.0400. The number of fused-ring (bicyclic) bond motifs is 1. The largest absolute Gasteiger partial charge is 0.375 e. The summed E-state index contributed by atoms with van der Waals surface area (Å²) in [5.74, 6) is -1.06. The fourth-order valence-corrected chi connectivity index (χ4v) is 4.85. The molecule has 3 aromatic rings. The summed E-state index contributed by atoms with van der Waals surface area (Å²) in [6, 6.07) is 22.1. The van der Waals surface area contributed by atoms with E-state index in [-0.39, 0.29) is 29.7 Å². The van der Waals surface area contributed by atoms with Crippen LogP contribution < -0.4 is 10.2 Å². The molecule has 0 saturated carbocycles. The van der Waals surface area contributed by atoms with Gasteiger partial charge in [0, 0.05) is 29.4 Å². The Balaban J connectivity index is 1.23. The average Bonchev–Trinajstić information content (AvgIpc) is 3.11. The van der Waals surface area contributed by atoms with Gasteiger partial charge in [-0.3, -0.25) is 19.3 Å². The summed E-state index contributed by atoms with van der Waals surface area (Å²) in [5, 5.41) is 3.44. The molecule has 0 atom stereocenters. The molecular formula is C28H23Cl2N3O3. The Kier molecular flexibility index (Phi) is 6.81. The number of carbonyl (C=O) groups excluding carboxylic acids is 3. The van der Waals surface area contributed by atoms with Gasteiger partial charge in [0.2, 0.25) is 0 Å². The summed E-state index contributed by atoms with van der Waals surface area (Å²) >= 11 is 12.1. The molecule has 0 aliphatic carbocycles. The summed E-state index contributed by atoms with van der Waals surface area (Å²) in [7, 11) is 0. The smallest absolute Gasteiger partial charge is 0.278 e. The number of para-hydroxylation sites is 1. The van der Waals surface area contributed by atoms with Gasteiger partial charge in [-0.1, -0.05) is 65.7 Å². The zero-order valence-electron chi connectivity index (χ0n) is 19.3. The maximum atomic E-state index is 13.2. The summed E-state index contributed by atoms with van der Waals surface area (Å²) in [5.41, 5.74) is 4.43. The van der Waals surface area contributed by atoms with Crippen molar-refractivity contribution in [3.63, 3.8) is 0 Å². The normalized spacial score (nSPS) is 15.4.